The summed E-state index contributed by atoms with van der Waals surface area (Å²) in [6.07, 6.45) is 1.06. The van der Waals surface area contributed by atoms with Gasteiger partial charge >= 0.3 is 0 Å². The van der Waals surface area contributed by atoms with E-state index in [1.54, 1.807) is 6.92 Å². The van der Waals surface area contributed by atoms with Gasteiger partial charge in [-0.3, -0.25) is 14.4 Å². The molecule has 2 amide bonds. The number of amides is 2. The Balaban J connectivity index is 1.82. The van der Waals surface area contributed by atoms with Gasteiger partial charge in [0.25, 0.3) is 11.8 Å². The molecule has 13 heteroatoms. The predicted octanol–water partition coefficient (Wildman–Crippen LogP) is 0.773. The number of benzene rings is 1. The first-order chi connectivity index (χ1) is 15.9. The molecule has 10 nitrogen and oxygen atoms in total. The minimum Gasteiger partial charge on any atom is -0.503 e. The van der Waals surface area contributed by atoms with Crippen molar-refractivity contribution in [2.45, 2.75) is 32.0 Å². The SMILES string of the molecule is CCN1C[C@@H]2C[C@H](NS(C)(=O)=O)c3c(C(=O)NCc4ccc(F)cc4F)c(=O)c(O)c(n32)C1=O. The summed E-state index contributed by atoms with van der Waals surface area (Å²) < 4.78 is 54.8. The maximum absolute atomic E-state index is 14.0. The second-order valence-electron chi connectivity index (χ2n) is 8.25. The van der Waals surface area contributed by atoms with Crippen LogP contribution in [0.25, 0.3) is 0 Å². The van der Waals surface area contributed by atoms with E-state index in [1.165, 1.54) is 9.47 Å². The molecule has 0 spiro atoms. The summed E-state index contributed by atoms with van der Waals surface area (Å²) in [5.74, 6) is -4.24. The van der Waals surface area contributed by atoms with Crippen molar-refractivity contribution in [3.05, 3.63) is 62.6 Å². The monoisotopic (exact) mass is 496 g/mol. The molecule has 2 atom stereocenters. The third-order valence-corrected chi connectivity index (χ3v) is 6.68. The van der Waals surface area contributed by atoms with Crippen molar-refractivity contribution in [1.29, 1.82) is 0 Å². The fourth-order valence-corrected chi connectivity index (χ4v) is 5.26. The molecule has 1 aromatic carbocycles. The van der Waals surface area contributed by atoms with Crippen molar-refractivity contribution < 1.29 is 31.9 Å². The van der Waals surface area contributed by atoms with Crippen molar-refractivity contribution >= 4 is 21.8 Å². The quantitative estimate of drug-likeness (QED) is 0.540. The van der Waals surface area contributed by atoms with E-state index in [0.29, 0.717) is 12.6 Å². The maximum Gasteiger partial charge on any atom is 0.274 e. The van der Waals surface area contributed by atoms with E-state index in [-0.39, 0.29) is 29.9 Å². The number of aromatic hydroxyl groups is 1. The Bertz CT molecular complexity index is 1370. The Labute approximate surface area is 193 Å². The number of nitrogens with one attached hydrogen (secondary N) is 2. The van der Waals surface area contributed by atoms with E-state index in [0.717, 1.165) is 18.4 Å². The summed E-state index contributed by atoms with van der Waals surface area (Å²) in [4.78, 5) is 40.4. The number of halogens is 2. The molecule has 4 rings (SSSR count). The van der Waals surface area contributed by atoms with Crippen LogP contribution in [0.1, 0.15) is 57.5 Å². The second kappa shape index (κ2) is 8.47. The van der Waals surface area contributed by atoms with Gasteiger partial charge in [0.05, 0.1) is 24.0 Å². The zero-order chi connectivity index (χ0) is 24.9. The largest absolute Gasteiger partial charge is 0.503 e. The topological polar surface area (TPSA) is 138 Å². The van der Waals surface area contributed by atoms with Crippen LogP contribution < -0.4 is 15.5 Å². The Kier molecular flexibility index (Phi) is 5.94. The summed E-state index contributed by atoms with van der Waals surface area (Å²) in [5.41, 5.74) is -2.10. The van der Waals surface area contributed by atoms with Crippen LogP contribution in [0, 0.1) is 11.6 Å². The molecule has 3 N–H and O–H groups in total. The molecular formula is C21H22F2N4O6S. The molecule has 0 radical (unpaired) electrons. The van der Waals surface area contributed by atoms with Crippen LogP contribution in [0.5, 0.6) is 5.75 Å². The van der Waals surface area contributed by atoms with Crippen LogP contribution >= 0.6 is 0 Å². The minimum absolute atomic E-state index is 0.0468. The number of nitrogens with zero attached hydrogens (tertiary/aromatic N) is 2. The van der Waals surface area contributed by atoms with Crippen molar-refractivity contribution in [3.8, 4) is 5.75 Å². The molecule has 34 heavy (non-hydrogen) atoms. The molecule has 0 bridgehead atoms. The molecule has 0 saturated heterocycles. The lowest BCUT2D eigenvalue weighted by Crippen LogP contribution is -2.44. The summed E-state index contributed by atoms with van der Waals surface area (Å²) in [7, 11) is -3.78. The number of carbonyl (C=O) groups excluding carboxylic acids is 2. The second-order valence-corrected chi connectivity index (χ2v) is 10.0. The van der Waals surface area contributed by atoms with Gasteiger partial charge in [0.15, 0.2) is 11.4 Å². The van der Waals surface area contributed by atoms with Gasteiger partial charge in [-0.05, 0) is 19.4 Å². The summed E-state index contributed by atoms with van der Waals surface area (Å²) in [6, 6.07) is 1.27. The van der Waals surface area contributed by atoms with Crippen molar-refractivity contribution in [2.24, 2.45) is 0 Å². The van der Waals surface area contributed by atoms with Gasteiger partial charge in [0, 0.05) is 31.3 Å². The van der Waals surface area contributed by atoms with Crippen molar-refractivity contribution in [3.63, 3.8) is 0 Å². The predicted molar refractivity (Wildman–Crippen MR) is 116 cm³/mol. The number of pyridine rings is 1. The first-order valence-corrected chi connectivity index (χ1v) is 12.3. The molecule has 3 heterocycles. The number of carbonyl (C=O) groups is 2. The summed E-state index contributed by atoms with van der Waals surface area (Å²) >= 11 is 0. The molecule has 182 valence electrons. The van der Waals surface area contributed by atoms with E-state index >= 15 is 0 Å². The van der Waals surface area contributed by atoms with E-state index in [4.69, 9.17) is 0 Å². The van der Waals surface area contributed by atoms with Crippen molar-refractivity contribution in [1.82, 2.24) is 19.5 Å². The van der Waals surface area contributed by atoms with E-state index in [1.807, 2.05) is 0 Å². The highest BCUT2D eigenvalue weighted by molar-refractivity contribution is 7.88. The van der Waals surface area contributed by atoms with Crippen LogP contribution in [0.2, 0.25) is 0 Å². The van der Waals surface area contributed by atoms with Crippen LogP contribution in [0.15, 0.2) is 23.0 Å². The number of sulfonamides is 1. The van der Waals surface area contributed by atoms with Crippen LogP contribution in [0.3, 0.4) is 0 Å². The third kappa shape index (κ3) is 4.05. The van der Waals surface area contributed by atoms with E-state index in [9.17, 15) is 36.7 Å². The smallest absolute Gasteiger partial charge is 0.274 e. The number of hydrogen-bond acceptors (Lipinski definition) is 6. The van der Waals surface area contributed by atoms with Gasteiger partial charge in [-0.1, -0.05) is 6.07 Å². The lowest BCUT2D eigenvalue weighted by atomic mass is 10.0. The maximum atomic E-state index is 14.0. The highest BCUT2D eigenvalue weighted by Crippen LogP contribution is 2.42. The van der Waals surface area contributed by atoms with Gasteiger partial charge in [-0.15, -0.1) is 0 Å². The fourth-order valence-electron chi connectivity index (χ4n) is 4.54. The zero-order valence-corrected chi connectivity index (χ0v) is 19.1. The average Bonchev–Trinajstić information content (AvgIpc) is 3.07. The van der Waals surface area contributed by atoms with Gasteiger partial charge in [0.2, 0.25) is 15.5 Å². The van der Waals surface area contributed by atoms with Gasteiger partial charge in [0.1, 0.15) is 17.2 Å². The summed E-state index contributed by atoms with van der Waals surface area (Å²) in [6.45, 7) is 1.82. The Morgan fingerprint density at radius 2 is 1.97 bits per heavy atom. The lowest BCUT2D eigenvalue weighted by Gasteiger charge is -2.33. The molecule has 2 aliphatic heterocycles. The molecular weight excluding hydrogens is 474 g/mol. The number of hydrogen-bond donors (Lipinski definition) is 3. The van der Waals surface area contributed by atoms with Crippen LogP contribution in [-0.4, -0.2) is 54.2 Å². The Morgan fingerprint density at radius 3 is 2.59 bits per heavy atom. The van der Waals surface area contributed by atoms with Gasteiger partial charge in [-0.25, -0.2) is 21.9 Å². The normalized spacial score (nSPS) is 19.3. The standard InChI is InChI=1S/C21H22F2N4O6S/c1-3-26-9-12-7-14(25-34(2,32)33)16-15(18(28)19(29)17(21(26)31)27(12)16)20(30)24-8-10-4-5-11(22)6-13(10)23/h4-6,12,14,25,29H,3,7-9H2,1-2H3,(H,24,30)/t12-,14-/m0/s1. The molecule has 1 aromatic heterocycles. The van der Waals surface area contributed by atoms with Crippen molar-refractivity contribution in [2.75, 3.05) is 19.3 Å². The Hall–Kier alpha value is -3.32. The zero-order valence-electron chi connectivity index (χ0n) is 18.3. The molecule has 0 fully saturated rings. The van der Waals surface area contributed by atoms with Gasteiger partial charge < -0.3 is 19.9 Å². The molecule has 2 aliphatic rings. The lowest BCUT2D eigenvalue weighted by molar-refractivity contribution is 0.0675. The number of likely N-dealkylation sites (N-methyl/N-ethyl adjacent to an activating group) is 1. The first-order valence-electron chi connectivity index (χ1n) is 10.4. The fraction of sp³-hybridized carbons (Fsp3) is 0.381. The number of aromatic nitrogens is 1. The highest BCUT2D eigenvalue weighted by atomic mass is 32.2. The molecule has 2 aromatic rings. The van der Waals surface area contributed by atoms with Crippen LogP contribution in [0.4, 0.5) is 8.78 Å². The van der Waals surface area contributed by atoms with E-state index in [2.05, 4.69) is 10.0 Å². The molecule has 0 saturated carbocycles. The molecule has 0 unspecified atom stereocenters. The van der Waals surface area contributed by atoms with Crippen LogP contribution in [-0.2, 0) is 16.6 Å². The van der Waals surface area contributed by atoms with E-state index < -0.39 is 68.8 Å². The average molecular weight is 496 g/mol. The Morgan fingerprint density at radius 1 is 1.26 bits per heavy atom. The third-order valence-electron chi connectivity index (χ3n) is 5.97. The highest BCUT2D eigenvalue weighted by Gasteiger charge is 2.45. The number of rotatable bonds is 6. The summed E-state index contributed by atoms with van der Waals surface area (Å²) in [5, 5.41) is 13.0. The molecule has 0 aliphatic carbocycles. The van der Waals surface area contributed by atoms with Gasteiger partial charge in [-0.2, -0.15) is 0 Å². The first kappa shape index (κ1) is 23.8. The minimum atomic E-state index is -3.78.